The third kappa shape index (κ3) is 4.62. The highest BCUT2D eigenvalue weighted by Crippen LogP contribution is 2.09. The molecule has 0 aromatic carbocycles. The molecular weight excluding hydrogens is 276 g/mol. The topological polar surface area (TPSA) is 124 Å². The Morgan fingerprint density at radius 1 is 1.42 bits per heavy atom. The van der Waals surface area contributed by atoms with Gasteiger partial charge in [0.2, 0.25) is 0 Å². The number of hydrogen-bond donors (Lipinski definition) is 1. The Morgan fingerprint density at radius 3 is 2.68 bits per heavy atom. The van der Waals surface area contributed by atoms with Crippen LogP contribution in [0.2, 0.25) is 0 Å². The van der Waals surface area contributed by atoms with Crippen LogP contribution in [0.3, 0.4) is 0 Å². The van der Waals surface area contributed by atoms with Crippen LogP contribution in [0.1, 0.15) is 23.0 Å². The van der Waals surface area contributed by atoms with Crippen molar-refractivity contribution in [3.63, 3.8) is 0 Å². The van der Waals surface area contributed by atoms with E-state index in [-0.39, 0.29) is 17.9 Å². The van der Waals surface area contributed by atoms with E-state index in [9.17, 15) is 18.0 Å². The monoisotopic (exact) mass is 288 g/mol. The van der Waals surface area contributed by atoms with E-state index in [4.69, 9.17) is 5.11 Å². The number of nitrogens with zero attached hydrogens (tertiary/aromatic N) is 2. The maximum Gasteiger partial charge on any atom is 0.339 e. The first-order valence-corrected chi connectivity index (χ1v) is 7.06. The average Bonchev–Trinajstić information content (AvgIpc) is 2.28. The predicted molar refractivity (Wildman–Crippen MR) is 63.1 cm³/mol. The van der Waals surface area contributed by atoms with Gasteiger partial charge in [-0.25, -0.2) is 23.2 Å². The lowest BCUT2D eigenvalue weighted by Gasteiger charge is -2.05. The van der Waals surface area contributed by atoms with Crippen LogP contribution in [0.25, 0.3) is 0 Å². The minimum absolute atomic E-state index is 0.0717. The van der Waals surface area contributed by atoms with Gasteiger partial charge in [-0.3, -0.25) is 4.79 Å². The molecule has 0 spiro atoms. The van der Waals surface area contributed by atoms with E-state index in [1.807, 2.05) is 0 Å². The van der Waals surface area contributed by atoms with E-state index >= 15 is 0 Å². The van der Waals surface area contributed by atoms with Gasteiger partial charge in [0.05, 0.1) is 18.1 Å². The standard InChI is InChI=1S/C10H12N2O6S/c1-2-18-9(13)5-19(16,17)4-8-7(10(14)15)3-11-6-12-8/h3,6H,2,4-5H2,1H3,(H,14,15). The second-order valence-corrected chi connectivity index (χ2v) is 5.59. The Morgan fingerprint density at radius 2 is 2.11 bits per heavy atom. The fourth-order valence-electron chi connectivity index (χ4n) is 1.29. The summed E-state index contributed by atoms with van der Waals surface area (Å²) in [5.41, 5.74) is -0.471. The largest absolute Gasteiger partial charge is 0.478 e. The molecule has 0 unspecified atom stereocenters. The number of carbonyl (C=O) groups is 2. The summed E-state index contributed by atoms with van der Waals surface area (Å²) in [5, 5.41) is 8.86. The Labute approximate surface area is 109 Å². The second kappa shape index (κ2) is 6.23. The van der Waals surface area contributed by atoms with Crippen molar-refractivity contribution in [2.24, 2.45) is 0 Å². The molecule has 8 nitrogen and oxygen atoms in total. The van der Waals surface area contributed by atoms with Crippen molar-refractivity contribution in [2.45, 2.75) is 12.7 Å². The maximum absolute atomic E-state index is 11.7. The van der Waals surface area contributed by atoms with Gasteiger partial charge >= 0.3 is 11.9 Å². The normalized spacial score (nSPS) is 11.0. The van der Waals surface area contributed by atoms with Crippen molar-refractivity contribution in [3.05, 3.63) is 23.8 Å². The first-order chi connectivity index (χ1) is 8.85. The molecule has 19 heavy (non-hydrogen) atoms. The van der Waals surface area contributed by atoms with Crippen molar-refractivity contribution in [1.82, 2.24) is 9.97 Å². The summed E-state index contributed by atoms with van der Waals surface area (Å²) in [6.45, 7) is 1.62. The molecule has 0 saturated heterocycles. The van der Waals surface area contributed by atoms with Gasteiger partial charge in [0, 0.05) is 6.20 Å². The molecule has 0 amide bonds. The molecule has 1 N–H and O–H groups in total. The summed E-state index contributed by atoms with van der Waals surface area (Å²) < 4.78 is 27.9. The fraction of sp³-hybridized carbons (Fsp3) is 0.400. The van der Waals surface area contributed by atoms with E-state index in [1.165, 1.54) is 0 Å². The zero-order valence-electron chi connectivity index (χ0n) is 10.1. The summed E-state index contributed by atoms with van der Waals surface area (Å²) in [6.07, 6.45) is 2.05. The van der Waals surface area contributed by atoms with Crippen LogP contribution in [-0.2, 0) is 25.1 Å². The van der Waals surface area contributed by atoms with Crippen molar-refractivity contribution in [3.8, 4) is 0 Å². The predicted octanol–water partition coefficient (Wildman–Crippen LogP) is -0.347. The van der Waals surface area contributed by atoms with Crippen LogP contribution >= 0.6 is 0 Å². The van der Waals surface area contributed by atoms with Crippen LogP contribution in [-0.4, -0.2) is 47.8 Å². The van der Waals surface area contributed by atoms with E-state index < -0.39 is 33.3 Å². The van der Waals surface area contributed by atoms with Crippen LogP contribution in [0.5, 0.6) is 0 Å². The zero-order chi connectivity index (χ0) is 14.5. The molecule has 1 heterocycles. The summed E-state index contributed by atoms with van der Waals surface area (Å²) in [5.74, 6) is -3.68. The Kier molecular flexibility index (Phi) is 4.93. The fourth-order valence-corrected chi connectivity index (χ4v) is 2.48. The lowest BCUT2D eigenvalue weighted by molar-refractivity contribution is -0.139. The lowest BCUT2D eigenvalue weighted by Crippen LogP contribution is -2.21. The SMILES string of the molecule is CCOC(=O)CS(=O)(=O)Cc1ncncc1C(=O)O. The number of hydrogen-bond acceptors (Lipinski definition) is 7. The van der Waals surface area contributed by atoms with Gasteiger partial charge in [-0.15, -0.1) is 0 Å². The number of ether oxygens (including phenoxy) is 1. The van der Waals surface area contributed by atoms with Crippen LogP contribution < -0.4 is 0 Å². The summed E-state index contributed by atoms with van der Waals surface area (Å²) >= 11 is 0. The molecule has 0 aliphatic rings. The molecule has 1 aromatic rings. The summed E-state index contributed by atoms with van der Waals surface area (Å²) in [7, 11) is -3.84. The smallest absolute Gasteiger partial charge is 0.339 e. The van der Waals surface area contributed by atoms with Crippen LogP contribution in [0.15, 0.2) is 12.5 Å². The van der Waals surface area contributed by atoms with Crippen LogP contribution in [0, 0.1) is 0 Å². The van der Waals surface area contributed by atoms with Crippen LogP contribution in [0.4, 0.5) is 0 Å². The number of esters is 1. The van der Waals surface area contributed by atoms with Gasteiger partial charge < -0.3 is 9.84 Å². The van der Waals surface area contributed by atoms with Gasteiger partial charge in [-0.05, 0) is 6.92 Å². The van der Waals surface area contributed by atoms with Gasteiger partial charge in [0.15, 0.2) is 9.84 Å². The molecule has 0 saturated carbocycles. The number of carboxylic acids is 1. The van der Waals surface area contributed by atoms with Crippen molar-refractivity contribution in [2.75, 3.05) is 12.4 Å². The Balaban J connectivity index is 2.90. The van der Waals surface area contributed by atoms with E-state index in [0.29, 0.717) is 0 Å². The maximum atomic E-state index is 11.7. The zero-order valence-corrected chi connectivity index (χ0v) is 10.9. The molecule has 0 aliphatic heterocycles. The molecule has 1 rings (SSSR count). The van der Waals surface area contributed by atoms with E-state index in [0.717, 1.165) is 12.5 Å². The lowest BCUT2D eigenvalue weighted by atomic mass is 10.2. The highest BCUT2D eigenvalue weighted by Gasteiger charge is 2.22. The third-order valence-corrected chi connectivity index (χ3v) is 3.41. The highest BCUT2D eigenvalue weighted by molar-refractivity contribution is 7.91. The minimum Gasteiger partial charge on any atom is -0.478 e. The molecule has 0 atom stereocenters. The molecule has 104 valence electrons. The number of carboxylic acid groups (broad SMARTS) is 1. The highest BCUT2D eigenvalue weighted by atomic mass is 32.2. The molecular formula is C10H12N2O6S. The second-order valence-electron chi connectivity index (χ2n) is 3.53. The van der Waals surface area contributed by atoms with E-state index in [2.05, 4.69) is 14.7 Å². The van der Waals surface area contributed by atoms with E-state index in [1.54, 1.807) is 6.92 Å². The average molecular weight is 288 g/mol. The number of sulfone groups is 1. The Hall–Kier alpha value is -2.03. The first-order valence-electron chi connectivity index (χ1n) is 5.24. The molecule has 0 fully saturated rings. The van der Waals surface area contributed by atoms with Gasteiger partial charge in [0.25, 0.3) is 0 Å². The molecule has 0 bridgehead atoms. The molecule has 0 aliphatic carbocycles. The molecule has 1 aromatic heterocycles. The number of carbonyl (C=O) groups excluding carboxylic acids is 1. The van der Waals surface area contributed by atoms with Gasteiger partial charge in [0.1, 0.15) is 17.6 Å². The molecule has 9 heteroatoms. The quantitative estimate of drug-likeness (QED) is 0.704. The Bertz CT molecular complexity index is 583. The number of rotatable bonds is 6. The van der Waals surface area contributed by atoms with Crippen molar-refractivity contribution < 1.29 is 27.9 Å². The van der Waals surface area contributed by atoms with Crippen molar-refractivity contribution >= 4 is 21.8 Å². The summed E-state index contributed by atoms with van der Waals surface area (Å²) in [6, 6.07) is 0. The summed E-state index contributed by atoms with van der Waals surface area (Å²) in [4.78, 5) is 29.1. The molecule has 0 radical (unpaired) electrons. The number of aromatic nitrogens is 2. The number of aromatic carboxylic acids is 1. The third-order valence-electron chi connectivity index (χ3n) is 2.02. The van der Waals surface area contributed by atoms with Crippen molar-refractivity contribution in [1.29, 1.82) is 0 Å². The minimum atomic E-state index is -3.84. The van der Waals surface area contributed by atoms with Gasteiger partial charge in [-0.1, -0.05) is 0 Å². The first kappa shape index (κ1) is 15.0. The van der Waals surface area contributed by atoms with Gasteiger partial charge in [-0.2, -0.15) is 0 Å².